The van der Waals surface area contributed by atoms with Crippen LogP contribution in [0.15, 0.2) is 21.5 Å². The normalized spacial score (nSPS) is 18.9. The molecule has 1 fully saturated rings. The van der Waals surface area contributed by atoms with Crippen LogP contribution in [0.3, 0.4) is 0 Å². The molecule has 1 aliphatic heterocycles. The number of pyridine rings is 1. The second-order valence-corrected chi connectivity index (χ2v) is 8.83. The quantitative estimate of drug-likeness (QED) is 0.732. The van der Waals surface area contributed by atoms with Gasteiger partial charge in [-0.15, -0.1) is 15.6 Å². The lowest BCUT2D eigenvalue weighted by molar-refractivity contribution is 0.183. The molecule has 0 amide bonds. The zero-order chi connectivity index (χ0) is 15.9. The van der Waals surface area contributed by atoms with Gasteiger partial charge in [0, 0.05) is 49.1 Å². The van der Waals surface area contributed by atoms with E-state index in [0.717, 1.165) is 47.3 Å². The van der Waals surface area contributed by atoms with Crippen LogP contribution < -0.4 is 5.56 Å². The lowest BCUT2D eigenvalue weighted by atomic mass is 10.3. The highest BCUT2D eigenvalue weighted by atomic mass is 79.9. The summed E-state index contributed by atoms with van der Waals surface area (Å²) in [6.07, 6.45) is 3.55. The zero-order valence-corrected chi connectivity index (χ0v) is 15.8. The largest absolute Gasteiger partial charge is 0.598 e. The molecule has 3 rings (SSSR count). The van der Waals surface area contributed by atoms with E-state index in [4.69, 9.17) is 0 Å². The molecular weight excluding hydrogens is 386 g/mol. The van der Waals surface area contributed by atoms with Gasteiger partial charge in [-0.2, -0.15) is 0 Å². The van der Waals surface area contributed by atoms with Crippen LogP contribution in [0.4, 0.5) is 0 Å². The summed E-state index contributed by atoms with van der Waals surface area (Å²) in [4.78, 5) is 15.8. The molecule has 0 N–H and O–H groups in total. The minimum absolute atomic E-state index is 0.0481. The van der Waals surface area contributed by atoms with E-state index in [-0.39, 0.29) is 5.56 Å². The minimum Gasteiger partial charge on any atom is -0.598 e. The van der Waals surface area contributed by atoms with Crippen molar-refractivity contribution in [1.82, 2.24) is 13.8 Å². The van der Waals surface area contributed by atoms with Gasteiger partial charge in [0.15, 0.2) is 0 Å². The fourth-order valence-corrected chi connectivity index (χ4v) is 5.23. The Morgan fingerprint density at radius 3 is 2.68 bits per heavy atom. The van der Waals surface area contributed by atoms with Crippen LogP contribution in [0, 0.1) is 0 Å². The zero-order valence-electron chi connectivity index (χ0n) is 12.5. The number of piperazine rings is 1. The van der Waals surface area contributed by atoms with Crippen molar-refractivity contribution in [3.8, 4) is 0 Å². The average molecular weight is 404 g/mol. The Bertz CT molecular complexity index is 735. The van der Waals surface area contributed by atoms with Crippen molar-refractivity contribution in [2.75, 3.05) is 32.4 Å². The van der Waals surface area contributed by atoms with Gasteiger partial charge in [-0.1, -0.05) is 0 Å². The van der Waals surface area contributed by atoms with Gasteiger partial charge in [-0.3, -0.25) is 9.69 Å². The Balaban J connectivity index is 1.77. The number of halogens is 1. The standard InChI is InChI=1S/C14H18BrN3O2S2/c1-16-9-12(15)13-11(14(16)19)7-10(21-13)8-17-3-5-18(6-4-17)22(2)20/h7,9H,3-6,8H2,1-2H3. The third-order valence-corrected chi connectivity index (χ3v) is 7.04. The van der Waals surface area contributed by atoms with Crippen LogP contribution in [0.2, 0.25) is 0 Å². The van der Waals surface area contributed by atoms with E-state index in [0.29, 0.717) is 0 Å². The molecule has 22 heavy (non-hydrogen) atoms. The number of thiophene rings is 1. The van der Waals surface area contributed by atoms with Crippen molar-refractivity contribution < 1.29 is 4.55 Å². The fraction of sp³-hybridized carbons (Fsp3) is 0.500. The van der Waals surface area contributed by atoms with Gasteiger partial charge in [0.25, 0.3) is 5.56 Å². The maximum Gasteiger partial charge on any atom is 0.259 e. The number of aryl methyl sites for hydroxylation is 1. The molecule has 2 aromatic heterocycles. The summed E-state index contributed by atoms with van der Waals surface area (Å²) in [5.74, 6) is 0. The van der Waals surface area contributed by atoms with Crippen LogP contribution in [-0.2, 0) is 25.0 Å². The van der Waals surface area contributed by atoms with Crippen molar-refractivity contribution in [1.29, 1.82) is 0 Å². The van der Waals surface area contributed by atoms with E-state index in [9.17, 15) is 9.35 Å². The highest BCUT2D eigenvalue weighted by Crippen LogP contribution is 2.30. The maximum atomic E-state index is 12.2. The van der Waals surface area contributed by atoms with Gasteiger partial charge in [0.2, 0.25) is 0 Å². The Morgan fingerprint density at radius 2 is 2.05 bits per heavy atom. The van der Waals surface area contributed by atoms with Gasteiger partial charge in [-0.25, -0.2) is 0 Å². The summed E-state index contributed by atoms with van der Waals surface area (Å²) < 4.78 is 17.1. The molecule has 8 heteroatoms. The average Bonchev–Trinajstić information content (AvgIpc) is 2.90. The van der Waals surface area contributed by atoms with E-state index in [1.807, 2.05) is 16.6 Å². The van der Waals surface area contributed by atoms with Crippen molar-refractivity contribution in [3.05, 3.63) is 32.0 Å². The third kappa shape index (κ3) is 3.27. The number of hydrogen-bond donors (Lipinski definition) is 0. The summed E-state index contributed by atoms with van der Waals surface area (Å²) >= 11 is 4.34. The van der Waals surface area contributed by atoms with E-state index < -0.39 is 11.4 Å². The molecule has 1 saturated heterocycles. The van der Waals surface area contributed by atoms with Crippen LogP contribution in [0.1, 0.15) is 4.88 Å². The van der Waals surface area contributed by atoms with Crippen LogP contribution in [0.25, 0.3) is 10.1 Å². The van der Waals surface area contributed by atoms with E-state index >= 15 is 0 Å². The fourth-order valence-electron chi connectivity index (χ4n) is 2.70. The molecule has 120 valence electrons. The molecule has 1 atom stereocenters. The van der Waals surface area contributed by atoms with Crippen molar-refractivity contribution in [2.24, 2.45) is 7.05 Å². The Kier molecular flexibility index (Phi) is 4.96. The highest BCUT2D eigenvalue weighted by Gasteiger charge is 2.23. The molecule has 3 heterocycles. The molecule has 0 aliphatic carbocycles. The molecule has 2 aromatic rings. The van der Waals surface area contributed by atoms with E-state index in [1.165, 1.54) is 4.88 Å². The number of fused-ring (bicyclic) bond motifs is 1. The van der Waals surface area contributed by atoms with Gasteiger partial charge in [0.05, 0.1) is 27.6 Å². The smallest absolute Gasteiger partial charge is 0.259 e. The Labute approximate surface area is 145 Å². The van der Waals surface area contributed by atoms with Gasteiger partial charge in [-0.05, 0) is 22.0 Å². The van der Waals surface area contributed by atoms with E-state index in [1.54, 1.807) is 29.2 Å². The lowest BCUT2D eigenvalue weighted by Gasteiger charge is -2.32. The van der Waals surface area contributed by atoms with Crippen molar-refractivity contribution in [2.45, 2.75) is 6.54 Å². The van der Waals surface area contributed by atoms with Crippen LogP contribution in [0.5, 0.6) is 0 Å². The molecule has 5 nitrogen and oxygen atoms in total. The molecule has 0 spiro atoms. The molecular formula is C14H18BrN3O2S2. The molecule has 0 saturated carbocycles. The maximum absolute atomic E-state index is 12.2. The molecule has 0 aromatic carbocycles. The SMILES string of the molecule is Cn1cc(Br)c2sc(CN3CCN([S+](C)[O-])CC3)cc2c1=O. The monoisotopic (exact) mass is 403 g/mol. The predicted molar refractivity (Wildman–Crippen MR) is 95.7 cm³/mol. The third-order valence-electron chi connectivity index (χ3n) is 3.93. The molecule has 1 unspecified atom stereocenters. The minimum atomic E-state index is -0.876. The van der Waals surface area contributed by atoms with Gasteiger partial charge < -0.3 is 9.12 Å². The lowest BCUT2D eigenvalue weighted by Crippen LogP contribution is -2.47. The first-order valence-electron chi connectivity index (χ1n) is 7.04. The van der Waals surface area contributed by atoms with Gasteiger partial charge in [0.1, 0.15) is 6.26 Å². The first-order valence-corrected chi connectivity index (χ1v) is 10.2. The number of nitrogens with zero attached hydrogens (tertiary/aromatic N) is 3. The second kappa shape index (κ2) is 6.62. The predicted octanol–water partition coefficient (Wildman–Crippen LogP) is 1.77. The second-order valence-electron chi connectivity index (χ2n) is 5.48. The summed E-state index contributed by atoms with van der Waals surface area (Å²) in [5.41, 5.74) is 0.0481. The summed E-state index contributed by atoms with van der Waals surface area (Å²) in [5, 5.41) is 0.783. The van der Waals surface area contributed by atoms with Crippen LogP contribution in [-0.4, -0.2) is 50.8 Å². The molecule has 1 aliphatic rings. The van der Waals surface area contributed by atoms with Crippen molar-refractivity contribution >= 4 is 48.7 Å². The summed E-state index contributed by atoms with van der Waals surface area (Å²) in [7, 11) is 1.77. The topological polar surface area (TPSA) is 51.5 Å². The molecule has 0 radical (unpaired) electrons. The number of hydrogen-bond acceptors (Lipinski definition) is 5. The first kappa shape index (κ1) is 16.5. The summed E-state index contributed by atoms with van der Waals surface area (Å²) in [6, 6.07) is 2.01. The highest BCUT2D eigenvalue weighted by molar-refractivity contribution is 9.10. The van der Waals surface area contributed by atoms with Crippen LogP contribution >= 0.6 is 27.3 Å². The van der Waals surface area contributed by atoms with Crippen molar-refractivity contribution in [3.63, 3.8) is 0 Å². The Hall–Kier alpha value is -0.380. The number of aromatic nitrogens is 1. The number of rotatable bonds is 3. The Morgan fingerprint density at radius 1 is 1.36 bits per heavy atom. The van der Waals surface area contributed by atoms with Gasteiger partial charge >= 0.3 is 0 Å². The summed E-state index contributed by atoms with van der Waals surface area (Å²) in [6.45, 7) is 4.33. The molecule has 0 bridgehead atoms. The van der Waals surface area contributed by atoms with E-state index in [2.05, 4.69) is 20.8 Å². The first-order chi connectivity index (χ1) is 10.5.